The average Bonchev–Trinajstić information content (AvgIpc) is 2.71. The van der Waals surface area contributed by atoms with E-state index in [4.69, 9.17) is 0 Å². The smallest absolute Gasteiger partial charge is 0.329 e. The summed E-state index contributed by atoms with van der Waals surface area (Å²) in [7, 11) is 0. The topological polar surface area (TPSA) is 58.0 Å². The van der Waals surface area contributed by atoms with Crippen LogP contribution >= 0.6 is 11.8 Å². The first kappa shape index (κ1) is 9.39. The van der Waals surface area contributed by atoms with Gasteiger partial charge < -0.3 is 5.11 Å². The van der Waals surface area contributed by atoms with E-state index in [-0.39, 0.29) is 16.4 Å². The molecule has 0 bridgehead atoms. The second kappa shape index (κ2) is 3.07. The summed E-state index contributed by atoms with van der Waals surface area (Å²) < 4.78 is 1.80. The summed E-state index contributed by atoms with van der Waals surface area (Å²) in [5.74, 6) is 0.819. The minimum absolute atomic E-state index is 0.0534. The largest absolute Gasteiger partial charge is 0.493 e. The number of nitrogens with one attached hydrogen (secondary N) is 1. The molecule has 0 unspecified atom stereocenters. The summed E-state index contributed by atoms with van der Waals surface area (Å²) in [6.45, 7) is 0. The minimum atomic E-state index is -0.144. The van der Waals surface area contributed by atoms with Crippen LogP contribution in [0.15, 0.2) is 4.79 Å². The third-order valence-corrected chi connectivity index (χ3v) is 5.04. The fourth-order valence-corrected chi connectivity index (χ4v) is 4.33. The van der Waals surface area contributed by atoms with E-state index in [2.05, 4.69) is 4.98 Å². The number of aromatic hydroxyl groups is 1. The molecule has 0 saturated heterocycles. The molecule has 0 amide bonds. The Balaban J connectivity index is 2.13. The Morgan fingerprint density at radius 2 is 2.07 bits per heavy atom. The van der Waals surface area contributed by atoms with E-state index in [1.165, 1.54) is 19.3 Å². The lowest BCUT2D eigenvalue weighted by Crippen LogP contribution is -2.36. The van der Waals surface area contributed by atoms with Crippen LogP contribution < -0.4 is 5.69 Å². The number of nitrogens with zero attached hydrogens (tertiary/aromatic N) is 1. The second-order valence-corrected chi connectivity index (χ2v) is 5.69. The highest BCUT2D eigenvalue weighted by Crippen LogP contribution is 2.50. The van der Waals surface area contributed by atoms with Crippen LogP contribution in [-0.2, 0) is 10.6 Å². The van der Waals surface area contributed by atoms with Gasteiger partial charge in [0.25, 0.3) is 0 Å². The van der Waals surface area contributed by atoms with E-state index < -0.39 is 0 Å². The number of fused-ring (bicyclic) bond motifs is 2. The summed E-state index contributed by atoms with van der Waals surface area (Å²) in [5, 5.41) is 9.58. The number of thioether (sulfide) groups is 1. The third-order valence-electron chi connectivity index (χ3n) is 3.49. The molecule has 4 nitrogen and oxygen atoms in total. The molecule has 1 spiro atoms. The first-order valence-corrected chi connectivity index (χ1v) is 6.39. The third kappa shape index (κ3) is 1.19. The molecule has 2 N–H and O–H groups in total. The molecule has 0 radical (unpaired) electrons. The summed E-state index contributed by atoms with van der Waals surface area (Å²) >= 11 is 1.81. The number of aromatic amines is 1. The maximum atomic E-state index is 11.7. The zero-order valence-electron chi connectivity index (χ0n) is 8.45. The first-order chi connectivity index (χ1) is 7.23. The van der Waals surface area contributed by atoms with Crippen LogP contribution in [0.1, 0.15) is 37.8 Å². The van der Waals surface area contributed by atoms with Gasteiger partial charge in [-0.1, -0.05) is 19.3 Å². The molecule has 2 heterocycles. The van der Waals surface area contributed by atoms with E-state index in [9.17, 15) is 9.90 Å². The Kier molecular flexibility index (Phi) is 1.92. The predicted octanol–water partition coefficient (Wildman–Crippen LogP) is 1.75. The Labute approximate surface area is 91.7 Å². The van der Waals surface area contributed by atoms with Crippen molar-refractivity contribution < 1.29 is 5.11 Å². The molecule has 0 aromatic carbocycles. The van der Waals surface area contributed by atoms with Crippen molar-refractivity contribution in [3.8, 4) is 5.88 Å². The van der Waals surface area contributed by atoms with Gasteiger partial charge in [0.15, 0.2) is 0 Å². The van der Waals surface area contributed by atoms with Gasteiger partial charge in [-0.25, -0.2) is 4.79 Å². The lowest BCUT2D eigenvalue weighted by atomic mass is 9.94. The van der Waals surface area contributed by atoms with Crippen molar-refractivity contribution in [3.05, 3.63) is 16.2 Å². The molecular weight excluding hydrogens is 212 g/mol. The van der Waals surface area contributed by atoms with Crippen LogP contribution in [0.25, 0.3) is 0 Å². The van der Waals surface area contributed by atoms with Crippen LogP contribution in [0.3, 0.4) is 0 Å². The molecule has 15 heavy (non-hydrogen) atoms. The fraction of sp³-hybridized carbons (Fsp3) is 0.700. The highest BCUT2D eigenvalue weighted by atomic mass is 32.2. The van der Waals surface area contributed by atoms with Gasteiger partial charge in [-0.2, -0.15) is 0 Å². The van der Waals surface area contributed by atoms with Crippen LogP contribution in [-0.4, -0.2) is 14.7 Å². The Bertz CT molecular complexity index is 443. The first-order valence-electron chi connectivity index (χ1n) is 5.40. The molecule has 1 saturated carbocycles. The van der Waals surface area contributed by atoms with Crippen molar-refractivity contribution in [2.45, 2.75) is 42.7 Å². The Morgan fingerprint density at radius 1 is 1.33 bits per heavy atom. The standard InChI is InChI=1S/C10H14N2O2S/c13-8-7-6-15-10(4-2-1-3-5-10)12(7)9(14)11-8/h13H,1-6H2,(H,11,14). The molecule has 3 rings (SSSR count). The van der Waals surface area contributed by atoms with Gasteiger partial charge in [-0.15, -0.1) is 11.8 Å². The number of hydrogen-bond acceptors (Lipinski definition) is 3. The summed E-state index contributed by atoms with van der Waals surface area (Å²) in [6.07, 6.45) is 5.75. The molecule has 5 heteroatoms. The van der Waals surface area contributed by atoms with Gasteiger partial charge in [0.05, 0.1) is 10.6 Å². The predicted molar refractivity (Wildman–Crippen MR) is 59.1 cm³/mol. The van der Waals surface area contributed by atoms with Crippen molar-refractivity contribution in [1.82, 2.24) is 9.55 Å². The van der Waals surface area contributed by atoms with Crippen molar-refractivity contribution >= 4 is 11.8 Å². The lowest BCUT2D eigenvalue weighted by molar-refractivity contribution is 0.308. The molecule has 1 aromatic rings. The van der Waals surface area contributed by atoms with Gasteiger partial charge in [0.1, 0.15) is 0 Å². The molecular formula is C10H14N2O2S. The number of aromatic nitrogens is 2. The average molecular weight is 226 g/mol. The molecule has 1 aliphatic carbocycles. The van der Waals surface area contributed by atoms with Gasteiger partial charge >= 0.3 is 5.69 Å². The fourth-order valence-electron chi connectivity index (χ4n) is 2.76. The second-order valence-electron chi connectivity index (χ2n) is 4.36. The van der Waals surface area contributed by atoms with Crippen LogP contribution in [0.5, 0.6) is 5.88 Å². The van der Waals surface area contributed by atoms with E-state index in [1.54, 1.807) is 4.57 Å². The van der Waals surface area contributed by atoms with Gasteiger partial charge in [-0.3, -0.25) is 9.55 Å². The summed E-state index contributed by atoms with van der Waals surface area (Å²) in [4.78, 5) is 14.2. The van der Waals surface area contributed by atoms with Gasteiger partial charge in [0, 0.05) is 5.75 Å². The number of rotatable bonds is 0. The normalized spacial score (nSPS) is 23.2. The zero-order valence-corrected chi connectivity index (χ0v) is 9.27. The molecule has 1 aliphatic heterocycles. The van der Waals surface area contributed by atoms with Gasteiger partial charge in [0.2, 0.25) is 5.88 Å². The van der Waals surface area contributed by atoms with Crippen LogP contribution in [0.2, 0.25) is 0 Å². The summed E-state index contributed by atoms with van der Waals surface area (Å²) in [5.41, 5.74) is 0.640. The van der Waals surface area contributed by atoms with Crippen molar-refractivity contribution in [2.24, 2.45) is 0 Å². The van der Waals surface area contributed by atoms with Crippen molar-refractivity contribution in [1.29, 1.82) is 0 Å². The molecule has 1 aromatic heterocycles. The van der Waals surface area contributed by atoms with Crippen LogP contribution in [0.4, 0.5) is 0 Å². The molecule has 0 atom stereocenters. The molecule has 82 valence electrons. The number of H-pyrrole nitrogens is 1. The van der Waals surface area contributed by atoms with Gasteiger partial charge in [-0.05, 0) is 12.8 Å². The highest BCUT2D eigenvalue weighted by molar-refractivity contribution is 7.99. The maximum Gasteiger partial charge on any atom is 0.329 e. The number of imidazole rings is 1. The van der Waals surface area contributed by atoms with E-state index in [1.807, 2.05) is 11.8 Å². The lowest BCUT2D eigenvalue weighted by Gasteiger charge is -2.33. The monoisotopic (exact) mass is 226 g/mol. The SMILES string of the molecule is O=c1[nH]c(O)c2n1C1(CCCCC1)SC2. The Hall–Kier alpha value is -0.840. The maximum absolute atomic E-state index is 11.7. The zero-order chi connectivity index (χ0) is 10.5. The molecule has 2 aliphatic rings. The van der Waals surface area contributed by atoms with Crippen molar-refractivity contribution in [2.75, 3.05) is 0 Å². The summed E-state index contributed by atoms with van der Waals surface area (Å²) in [6, 6.07) is 0. The van der Waals surface area contributed by atoms with E-state index in [0.29, 0.717) is 0 Å². The highest BCUT2D eigenvalue weighted by Gasteiger charge is 2.43. The Morgan fingerprint density at radius 3 is 2.80 bits per heavy atom. The van der Waals surface area contributed by atoms with Crippen molar-refractivity contribution in [3.63, 3.8) is 0 Å². The quantitative estimate of drug-likeness (QED) is 0.708. The minimum Gasteiger partial charge on any atom is -0.493 e. The van der Waals surface area contributed by atoms with E-state index >= 15 is 0 Å². The van der Waals surface area contributed by atoms with E-state index in [0.717, 1.165) is 24.3 Å². The number of hydrogen-bond donors (Lipinski definition) is 2. The molecule has 1 fully saturated rings. The van der Waals surface area contributed by atoms with Crippen LogP contribution in [0, 0.1) is 0 Å².